The Bertz CT molecular complexity index is 2760. The first-order chi connectivity index (χ1) is 44.4. The Morgan fingerprint density at radius 1 is 0.632 bits per heavy atom. The van der Waals surface area contributed by atoms with E-state index < -0.39 is 220 Å². The van der Waals surface area contributed by atoms with Crippen LogP contribution in [0.4, 0.5) is 0 Å². The topological polar surface area (TPSA) is 439 Å². The van der Waals surface area contributed by atoms with E-state index in [9.17, 15) is 86.2 Å². The van der Waals surface area contributed by atoms with Crippen LogP contribution in [0.25, 0.3) is 0 Å². The molecule has 0 amide bonds. The number of hydrogen-bond donors (Lipinski definition) is 15. The van der Waals surface area contributed by atoms with Crippen molar-refractivity contribution in [3.05, 3.63) is 36.0 Å². The Balaban J connectivity index is 0.957. The predicted octanol–water partition coefficient (Wildman–Crippen LogP) is -0.543. The molecule has 542 valence electrons. The zero-order valence-electron chi connectivity index (χ0n) is 55.9. The van der Waals surface area contributed by atoms with E-state index >= 15 is 0 Å². The van der Waals surface area contributed by atoms with Crippen LogP contribution in [0.3, 0.4) is 0 Å². The fraction of sp³-hybridized carbons (Fsp3) is 0.881. The van der Waals surface area contributed by atoms with Crippen molar-refractivity contribution >= 4 is 11.9 Å². The summed E-state index contributed by atoms with van der Waals surface area (Å²) >= 11 is 0. The molecule has 0 aromatic rings. The van der Waals surface area contributed by atoms with Crippen molar-refractivity contribution < 1.29 is 138 Å². The number of aliphatic carboxylic acids is 1. The van der Waals surface area contributed by atoms with Gasteiger partial charge in [-0.1, -0.05) is 72.3 Å². The summed E-state index contributed by atoms with van der Waals surface area (Å²) in [4.78, 5) is 27.7. The smallest absolute Gasteiger partial charge is 0.333 e. The zero-order chi connectivity index (χ0) is 69.6. The SMILES string of the molecule is C=CC(C)(O)CC/C=C(\C)C(=O)OC1CC2(C(=O)O)CCC3(C)C(=CCC4C5(C)CCC(OC6OC(COC7OCC(O)C(O)C7O)C(O)C(OC7OCC(O)C(O)C7O)C6OC6OC(CO)C(O)C(O)C6OC6OCC(O)C(O)C6O)C(C)(C)C5CCC43C)C2CC1(C)C. The predicted molar refractivity (Wildman–Crippen MR) is 327 cm³/mol. The minimum absolute atomic E-state index is 0.0638. The summed E-state index contributed by atoms with van der Waals surface area (Å²) in [6.45, 7) is 19.2. The van der Waals surface area contributed by atoms with Crippen LogP contribution in [0, 0.1) is 50.2 Å². The van der Waals surface area contributed by atoms with Crippen molar-refractivity contribution in [2.45, 2.75) is 286 Å². The first-order valence-electron chi connectivity index (χ1n) is 33.8. The third-order valence-electron chi connectivity index (χ3n) is 24.7. The number of allylic oxidation sites excluding steroid dienone is 3. The normalized spacial score (nSPS) is 49.7. The van der Waals surface area contributed by atoms with Gasteiger partial charge in [-0.2, -0.15) is 0 Å². The number of carboxylic acids is 1. The van der Waals surface area contributed by atoms with Gasteiger partial charge in [0.25, 0.3) is 0 Å². The van der Waals surface area contributed by atoms with Gasteiger partial charge in [-0.15, -0.1) is 6.58 Å². The third-order valence-corrected chi connectivity index (χ3v) is 24.7. The molecule has 5 saturated heterocycles. The van der Waals surface area contributed by atoms with Gasteiger partial charge in [-0.3, -0.25) is 4.79 Å². The van der Waals surface area contributed by atoms with Gasteiger partial charge in [0.15, 0.2) is 31.5 Å². The molecule has 95 heavy (non-hydrogen) atoms. The van der Waals surface area contributed by atoms with Crippen LogP contribution in [0.1, 0.15) is 133 Å². The number of fused-ring (bicyclic) bond motifs is 7. The lowest BCUT2D eigenvalue weighted by atomic mass is 9.33. The van der Waals surface area contributed by atoms with E-state index in [1.54, 1.807) is 19.9 Å². The minimum atomic E-state index is -2.01. The molecule has 0 radical (unpaired) electrons. The molecule has 5 aliphatic carbocycles. The minimum Gasteiger partial charge on any atom is -0.481 e. The molecule has 0 aromatic carbocycles. The molecule has 10 aliphatic rings. The van der Waals surface area contributed by atoms with Gasteiger partial charge in [0.1, 0.15) is 110 Å². The molecule has 0 spiro atoms. The molecule has 4 saturated carbocycles. The number of carbonyl (C=O) groups excluding carboxylic acids is 1. The van der Waals surface area contributed by atoms with E-state index in [1.807, 2.05) is 13.8 Å². The van der Waals surface area contributed by atoms with E-state index in [0.717, 1.165) is 12.0 Å². The highest BCUT2D eigenvalue weighted by atomic mass is 16.8. The van der Waals surface area contributed by atoms with Gasteiger partial charge in [0.05, 0.1) is 50.2 Å². The molecule has 0 aromatic heterocycles. The lowest BCUT2D eigenvalue weighted by Crippen LogP contribution is -2.69. The summed E-state index contributed by atoms with van der Waals surface area (Å²) in [6, 6.07) is 0. The largest absolute Gasteiger partial charge is 0.481 e. The monoisotopic (exact) mass is 1360 g/mol. The van der Waals surface area contributed by atoms with E-state index in [0.29, 0.717) is 63.4 Å². The lowest BCUT2D eigenvalue weighted by molar-refractivity contribution is -0.408. The number of aliphatic hydroxyl groups is 14. The van der Waals surface area contributed by atoms with Crippen molar-refractivity contribution in [3.8, 4) is 0 Å². The van der Waals surface area contributed by atoms with Crippen LogP contribution in [0.15, 0.2) is 36.0 Å². The number of rotatable bonds is 19. The molecule has 9 fully saturated rings. The van der Waals surface area contributed by atoms with Crippen LogP contribution < -0.4 is 0 Å². The zero-order valence-corrected chi connectivity index (χ0v) is 55.9. The van der Waals surface area contributed by atoms with Crippen LogP contribution >= 0.6 is 0 Å². The molecular weight excluding hydrogens is 1250 g/mol. The van der Waals surface area contributed by atoms with Crippen LogP contribution in [-0.4, -0.2) is 275 Å². The van der Waals surface area contributed by atoms with E-state index in [4.69, 9.17) is 52.1 Å². The fourth-order valence-electron chi connectivity index (χ4n) is 18.3. The quantitative estimate of drug-likeness (QED) is 0.0334. The van der Waals surface area contributed by atoms with Crippen molar-refractivity contribution in [1.82, 2.24) is 0 Å². The van der Waals surface area contributed by atoms with Crippen molar-refractivity contribution in [3.63, 3.8) is 0 Å². The molecule has 5 aliphatic heterocycles. The number of carboxylic acid groups (broad SMARTS) is 1. The Labute approximate surface area is 553 Å². The fourth-order valence-corrected chi connectivity index (χ4v) is 18.3. The highest BCUT2D eigenvalue weighted by molar-refractivity contribution is 5.88. The van der Waals surface area contributed by atoms with Crippen molar-refractivity contribution in [1.29, 1.82) is 0 Å². The summed E-state index contributed by atoms with van der Waals surface area (Å²) in [5, 5.41) is 164. The summed E-state index contributed by atoms with van der Waals surface area (Å²) in [6.07, 6.45) is -29.5. The Kier molecular flexibility index (Phi) is 22.2. The molecule has 32 unspecified atom stereocenters. The van der Waals surface area contributed by atoms with Crippen molar-refractivity contribution in [2.24, 2.45) is 50.2 Å². The number of aliphatic hydroxyl groups excluding tert-OH is 13. The molecule has 32 atom stereocenters. The molecule has 28 nitrogen and oxygen atoms in total. The molecule has 10 rings (SSSR count). The Hall–Kier alpha value is -2.80. The summed E-state index contributed by atoms with van der Waals surface area (Å²) in [5.74, 6) is -1.77. The number of ether oxygens (including phenoxy) is 11. The first kappa shape index (κ1) is 74.9. The first-order valence-corrected chi connectivity index (χ1v) is 33.8. The summed E-state index contributed by atoms with van der Waals surface area (Å²) < 4.78 is 68.2. The molecule has 5 heterocycles. The second kappa shape index (κ2) is 28.2. The number of esters is 1. The Morgan fingerprint density at radius 3 is 1.78 bits per heavy atom. The molecule has 0 bridgehead atoms. The maximum Gasteiger partial charge on any atom is 0.333 e. The van der Waals surface area contributed by atoms with Crippen molar-refractivity contribution in [2.75, 3.05) is 33.0 Å². The Morgan fingerprint density at radius 2 is 1.19 bits per heavy atom. The average molecular weight is 1360 g/mol. The van der Waals surface area contributed by atoms with Gasteiger partial charge in [-0.25, -0.2) is 4.79 Å². The van der Waals surface area contributed by atoms with Crippen LogP contribution in [0.2, 0.25) is 0 Å². The maximum atomic E-state index is 14.0. The van der Waals surface area contributed by atoms with Gasteiger partial charge >= 0.3 is 11.9 Å². The van der Waals surface area contributed by atoms with E-state index in [2.05, 4.69) is 47.3 Å². The van der Waals surface area contributed by atoms with Crippen LogP contribution in [0.5, 0.6) is 0 Å². The summed E-state index contributed by atoms with van der Waals surface area (Å²) in [5.41, 5.74) is -3.29. The van der Waals surface area contributed by atoms with Crippen LogP contribution in [-0.2, 0) is 61.7 Å². The number of carbonyl (C=O) groups is 2. The third kappa shape index (κ3) is 13.7. The van der Waals surface area contributed by atoms with E-state index in [1.165, 1.54) is 6.08 Å². The second-order valence-corrected chi connectivity index (χ2v) is 31.2. The maximum absolute atomic E-state index is 14.0. The van der Waals surface area contributed by atoms with Gasteiger partial charge in [-0.05, 0) is 117 Å². The lowest BCUT2D eigenvalue weighted by Gasteiger charge is -2.71. The van der Waals surface area contributed by atoms with Gasteiger partial charge < -0.3 is 129 Å². The second-order valence-electron chi connectivity index (χ2n) is 31.2. The van der Waals surface area contributed by atoms with Gasteiger partial charge in [0, 0.05) is 17.4 Å². The molecular formula is C67H106O28. The highest BCUT2D eigenvalue weighted by Gasteiger charge is 2.71. The van der Waals surface area contributed by atoms with Gasteiger partial charge in [0.2, 0.25) is 0 Å². The average Bonchev–Trinajstić information content (AvgIpc) is 0.675. The standard InChI is InChI=1S/C67H106O28/c1-11-63(7,84)18-12-13-30(2)54(81)91-41-24-67(60(82)83)22-21-65(9)31(32(67)23-61(41,3)4)14-15-39-64(8)19-17-40(62(5,6)38(64)16-20-66(39,65)10)92-59-53(95-58-52(47(77)45(75)36(25-68)89-58)94-57-50(80)44(74)35(71)28-87-57)51(93-56-49(79)43(73)34(70)27-86-56)46(76)37(90-59)29-88-55-48(78)42(72)33(69)26-85-55/h11,13-14,32-53,55-59,68-80,84H,1,12,15-29H2,2-10H3,(H,82,83)/b30-13+. The summed E-state index contributed by atoms with van der Waals surface area (Å²) in [7, 11) is 0. The number of hydrogen-bond acceptors (Lipinski definition) is 27. The van der Waals surface area contributed by atoms with E-state index in [-0.39, 0.29) is 35.0 Å². The molecule has 28 heteroatoms. The highest BCUT2D eigenvalue weighted by Crippen LogP contribution is 2.76. The molecule has 15 N–H and O–H groups in total.